The summed E-state index contributed by atoms with van der Waals surface area (Å²) < 4.78 is 10.9. The van der Waals surface area contributed by atoms with E-state index in [0.717, 1.165) is 36.7 Å². The highest BCUT2D eigenvalue weighted by atomic mass is 16.5. The van der Waals surface area contributed by atoms with Gasteiger partial charge in [-0.1, -0.05) is 13.3 Å². The summed E-state index contributed by atoms with van der Waals surface area (Å²) in [6, 6.07) is 7.64. The summed E-state index contributed by atoms with van der Waals surface area (Å²) in [6.07, 6.45) is 5.28. The van der Waals surface area contributed by atoms with Crippen LogP contribution in [-0.2, 0) is 0 Å². The zero-order chi connectivity index (χ0) is 14.4. The Bertz CT molecular complexity index is 388. The molecule has 20 heavy (non-hydrogen) atoms. The Labute approximate surface area is 121 Å². The van der Waals surface area contributed by atoms with Gasteiger partial charge in [-0.25, -0.2) is 0 Å². The van der Waals surface area contributed by atoms with Crippen LogP contribution in [0.4, 0.5) is 0 Å². The summed E-state index contributed by atoms with van der Waals surface area (Å²) in [6.45, 7) is 2.91. The van der Waals surface area contributed by atoms with Crippen molar-refractivity contribution in [3.05, 3.63) is 24.3 Å². The summed E-state index contributed by atoms with van der Waals surface area (Å²) in [7, 11) is 1.66. The molecule has 0 radical (unpaired) electrons. The minimum Gasteiger partial charge on any atom is -0.497 e. The van der Waals surface area contributed by atoms with E-state index in [1.807, 2.05) is 24.3 Å². The van der Waals surface area contributed by atoms with Crippen LogP contribution in [0.2, 0.25) is 0 Å². The Morgan fingerprint density at radius 1 is 1.15 bits per heavy atom. The van der Waals surface area contributed by atoms with Crippen LogP contribution in [0.3, 0.4) is 0 Å². The van der Waals surface area contributed by atoms with Crippen LogP contribution in [-0.4, -0.2) is 24.9 Å². The quantitative estimate of drug-likeness (QED) is 0.863. The van der Waals surface area contributed by atoms with Crippen LogP contribution in [0.1, 0.15) is 39.0 Å². The summed E-state index contributed by atoms with van der Waals surface area (Å²) in [5, 5.41) is 10.1. The normalized spacial score (nSPS) is 26.2. The Morgan fingerprint density at radius 2 is 1.85 bits per heavy atom. The Hall–Kier alpha value is -1.22. The first-order valence-electron chi connectivity index (χ1n) is 7.67. The highest BCUT2D eigenvalue weighted by Crippen LogP contribution is 2.33. The predicted octanol–water partition coefficient (Wildman–Crippen LogP) is 3.65. The maximum Gasteiger partial charge on any atom is 0.119 e. The maximum absolute atomic E-state index is 10.1. The van der Waals surface area contributed by atoms with Gasteiger partial charge < -0.3 is 14.6 Å². The lowest BCUT2D eigenvalue weighted by molar-refractivity contribution is 0.0361. The number of hydrogen-bond donors (Lipinski definition) is 1. The van der Waals surface area contributed by atoms with Gasteiger partial charge in [-0.3, -0.25) is 0 Å². The molecule has 0 bridgehead atoms. The van der Waals surface area contributed by atoms with Crippen molar-refractivity contribution in [1.82, 2.24) is 0 Å². The van der Waals surface area contributed by atoms with E-state index in [4.69, 9.17) is 9.47 Å². The molecule has 0 spiro atoms. The molecular formula is C17H26O3. The van der Waals surface area contributed by atoms with Crippen molar-refractivity contribution in [1.29, 1.82) is 0 Å². The van der Waals surface area contributed by atoms with Gasteiger partial charge in [-0.2, -0.15) is 0 Å². The highest BCUT2D eigenvalue weighted by molar-refractivity contribution is 5.31. The van der Waals surface area contributed by atoms with Gasteiger partial charge in [0.2, 0.25) is 0 Å². The van der Waals surface area contributed by atoms with Crippen LogP contribution < -0.4 is 9.47 Å². The van der Waals surface area contributed by atoms with Gasteiger partial charge in [-0.15, -0.1) is 0 Å². The summed E-state index contributed by atoms with van der Waals surface area (Å²) in [5.41, 5.74) is 0. The molecule has 2 rings (SSSR count). The molecule has 3 nitrogen and oxygen atoms in total. The Balaban J connectivity index is 1.76. The first-order valence-corrected chi connectivity index (χ1v) is 7.67. The second kappa shape index (κ2) is 7.53. The molecular weight excluding hydrogens is 252 g/mol. The van der Waals surface area contributed by atoms with Gasteiger partial charge in [0, 0.05) is 0 Å². The van der Waals surface area contributed by atoms with Gasteiger partial charge in [0.15, 0.2) is 0 Å². The van der Waals surface area contributed by atoms with Crippen LogP contribution >= 0.6 is 0 Å². The zero-order valence-corrected chi connectivity index (χ0v) is 12.5. The molecule has 0 amide bonds. The molecule has 3 atom stereocenters. The number of aliphatic hydroxyl groups is 1. The molecule has 1 aliphatic rings. The fourth-order valence-corrected chi connectivity index (χ4v) is 3.03. The number of methoxy groups -OCH3 is 1. The lowest BCUT2D eigenvalue weighted by atomic mass is 9.77. The molecule has 3 unspecified atom stereocenters. The van der Waals surface area contributed by atoms with Gasteiger partial charge in [0.25, 0.3) is 0 Å². The number of ether oxygens (including phenoxy) is 2. The van der Waals surface area contributed by atoms with Crippen LogP contribution in [0.5, 0.6) is 11.5 Å². The number of aliphatic hydroxyl groups excluding tert-OH is 1. The average Bonchev–Trinajstić information content (AvgIpc) is 2.50. The molecule has 0 aliphatic heterocycles. The van der Waals surface area contributed by atoms with Crippen molar-refractivity contribution in [2.75, 3.05) is 13.7 Å². The predicted molar refractivity (Wildman–Crippen MR) is 80.2 cm³/mol. The molecule has 0 aromatic heterocycles. The fourth-order valence-electron chi connectivity index (χ4n) is 3.03. The van der Waals surface area contributed by atoms with Crippen molar-refractivity contribution in [3.63, 3.8) is 0 Å². The van der Waals surface area contributed by atoms with E-state index in [2.05, 4.69) is 6.92 Å². The molecule has 1 N–H and O–H groups in total. The SMILES string of the molecule is CCC1CCC(O)C(CCOc2ccc(OC)cc2)C1. The maximum atomic E-state index is 10.1. The Kier molecular flexibility index (Phi) is 5.72. The molecule has 1 aliphatic carbocycles. The minimum absolute atomic E-state index is 0.141. The van der Waals surface area contributed by atoms with E-state index in [0.29, 0.717) is 12.5 Å². The van der Waals surface area contributed by atoms with Crippen LogP contribution in [0.25, 0.3) is 0 Å². The van der Waals surface area contributed by atoms with Crippen molar-refractivity contribution in [2.45, 2.75) is 45.1 Å². The Morgan fingerprint density at radius 3 is 2.50 bits per heavy atom. The van der Waals surface area contributed by atoms with E-state index in [1.54, 1.807) is 7.11 Å². The van der Waals surface area contributed by atoms with Crippen LogP contribution in [0.15, 0.2) is 24.3 Å². The van der Waals surface area contributed by atoms with Gasteiger partial charge in [0.1, 0.15) is 11.5 Å². The van der Waals surface area contributed by atoms with Gasteiger partial charge >= 0.3 is 0 Å². The minimum atomic E-state index is -0.141. The van der Waals surface area contributed by atoms with E-state index in [9.17, 15) is 5.11 Å². The largest absolute Gasteiger partial charge is 0.497 e. The lowest BCUT2D eigenvalue weighted by Crippen LogP contribution is -2.30. The lowest BCUT2D eigenvalue weighted by Gasteiger charge is -2.32. The molecule has 3 heteroatoms. The third-order valence-corrected chi connectivity index (χ3v) is 4.45. The van der Waals surface area contributed by atoms with Crippen LogP contribution in [0, 0.1) is 11.8 Å². The second-order valence-corrected chi connectivity index (χ2v) is 5.73. The molecule has 1 aromatic carbocycles. The molecule has 1 fully saturated rings. The van der Waals surface area contributed by atoms with E-state index in [-0.39, 0.29) is 6.10 Å². The van der Waals surface area contributed by atoms with Gasteiger partial charge in [-0.05, 0) is 61.8 Å². The summed E-state index contributed by atoms with van der Waals surface area (Å²) in [4.78, 5) is 0. The van der Waals surface area contributed by atoms with E-state index < -0.39 is 0 Å². The van der Waals surface area contributed by atoms with E-state index in [1.165, 1.54) is 12.8 Å². The fraction of sp³-hybridized carbons (Fsp3) is 0.647. The topological polar surface area (TPSA) is 38.7 Å². The van der Waals surface area contributed by atoms with E-state index >= 15 is 0 Å². The number of hydrogen-bond acceptors (Lipinski definition) is 3. The molecule has 1 aromatic rings. The van der Waals surface area contributed by atoms with Crippen molar-refractivity contribution < 1.29 is 14.6 Å². The standard InChI is InChI=1S/C17H26O3/c1-3-13-4-9-17(18)14(12-13)10-11-20-16-7-5-15(19-2)6-8-16/h5-8,13-14,17-18H,3-4,9-12H2,1-2H3. The summed E-state index contributed by atoms with van der Waals surface area (Å²) >= 11 is 0. The van der Waals surface area contributed by atoms with Crippen molar-refractivity contribution in [2.24, 2.45) is 11.8 Å². The molecule has 0 heterocycles. The van der Waals surface area contributed by atoms with Gasteiger partial charge in [0.05, 0.1) is 19.8 Å². The van der Waals surface area contributed by atoms with Crippen molar-refractivity contribution >= 4 is 0 Å². The molecule has 112 valence electrons. The average molecular weight is 278 g/mol. The molecule has 1 saturated carbocycles. The highest BCUT2D eigenvalue weighted by Gasteiger charge is 2.27. The zero-order valence-electron chi connectivity index (χ0n) is 12.5. The summed E-state index contributed by atoms with van der Waals surface area (Å²) in [5.74, 6) is 2.88. The third kappa shape index (κ3) is 4.14. The van der Waals surface area contributed by atoms with Crippen molar-refractivity contribution in [3.8, 4) is 11.5 Å². The first kappa shape index (κ1) is 15.2. The first-order chi connectivity index (χ1) is 9.72. The number of rotatable bonds is 6. The third-order valence-electron chi connectivity index (χ3n) is 4.45. The second-order valence-electron chi connectivity index (χ2n) is 5.73. The monoisotopic (exact) mass is 278 g/mol. The number of benzene rings is 1. The smallest absolute Gasteiger partial charge is 0.119 e. The molecule has 0 saturated heterocycles.